The van der Waals surface area contributed by atoms with E-state index < -0.39 is 0 Å². The van der Waals surface area contributed by atoms with Gasteiger partial charge in [-0.05, 0) is 28.4 Å². The molecule has 0 nitrogen and oxygen atoms in total. The SMILES string of the molecule is CC(C)(C)c1[c-]c2c(cc1)-c1ccc(C(C)(C)C)cc1C2.Cl.Cl.[C-]1=CC=CC1.[Hf+2]=[C](c1cccc2ccccc12)c1cccc2ccccc12. The predicted octanol–water partition coefficient (Wildman–Crippen LogP) is 12.9. The molecule has 2 aliphatic carbocycles. The molecule has 0 radical (unpaired) electrons. The Balaban J connectivity index is 0.000000190. The molecule has 0 aromatic heterocycles. The first-order valence-electron chi connectivity index (χ1n) is 17.0. The number of benzene rings is 6. The second-order valence-corrected chi connectivity index (χ2v) is 16.5. The van der Waals surface area contributed by atoms with Crippen molar-refractivity contribution in [3.63, 3.8) is 0 Å². The van der Waals surface area contributed by atoms with E-state index >= 15 is 0 Å². The molecule has 6 aromatic carbocycles. The van der Waals surface area contributed by atoms with Crippen LogP contribution in [-0.4, -0.2) is 3.26 Å². The van der Waals surface area contributed by atoms with Gasteiger partial charge >= 0.3 is 145 Å². The van der Waals surface area contributed by atoms with Crippen molar-refractivity contribution >= 4 is 49.6 Å². The van der Waals surface area contributed by atoms with E-state index in [1.807, 2.05) is 12.2 Å². The molecule has 0 heterocycles. The molecule has 3 heteroatoms. The molecular weight excluding hydrogens is 814 g/mol. The fraction of sp³-hybridized carbons (Fsp3) is 0.213. The average molecular weight is 860 g/mol. The molecular formula is C47H46Cl2Hf. The van der Waals surface area contributed by atoms with Crippen molar-refractivity contribution in [2.75, 3.05) is 0 Å². The number of allylic oxidation sites excluding steroid dienone is 4. The van der Waals surface area contributed by atoms with Crippen molar-refractivity contribution in [1.82, 2.24) is 0 Å². The van der Waals surface area contributed by atoms with Crippen molar-refractivity contribution in [3.05, 3.63) is 179 Å². The second-order valence-electron chi connectivity index (χ2n) is 14.7. The van der Waals surface area contributed by atoms with Crippen LogP contribution in [0.4, 0.5) is 0 Å². The van der Waals surface area contributed by atoms with Gasteiger partial charge in [0.15, 0.2) is 0 Å². The monoisotopic (exact) mass is 860 g/mol. The summed E-state index contributed by atoms with van der Waals surface area (Å²) in [5.74, 6) is 0. The van der Waals surface area contributed by atoms with Crippen molar-refractivity contribution < 1.29 is 23.9 Å². The van der Waals surface area contributed by atoms with Gasteiger partial charge in [0.25, 0.3) is 0 Å². The van der Waals surface area contributed by atoms with Crippen LogP contribution in [0.25, 0.3) is 32.7 Å². The van der Waals surface area contributed by atoms with E-state index in [9.17, 15) is 0 Å². The van der Waals surface area contributed by atoms with Crippen molar-refractivity contribution in [2.45, 2.75) is 65.2 Å². The minimum absolute atomic E-state index is 0. The number of fused-ring (bicyclic) bond motifs is 5. The molecule has 50 heavy (non-hydrogen) atoms. The van der Waals surface area contributed by atoms with Gasteiger partial charge in [-0.1, -0.05) is 65.3 Å². The summed E-state index contributed by atoms with van der Waals surface area (Å²) in [5.41, 5.74) is 11.5. The standard InChI is InChI=1S/C21H14.C21H25.C5H5.2ClH.Hf/c1-3-13-20-16(7-1)9-5-11-18(20)15-19-12-6-10-17-8-2-4-14-21(17)19;1-20(2,3)16-7-9-18-14(12-16)11-15-13-17(21(4,5)6)8-10-19(15)18;1-2-4-5-3-1;;;/h1-14H;7-10,12H,11H2,1-6H3;1-3H,4H2;2*1H;/q;2*-1;;;+2. The zero-order valence-corrected chi connectivity index (χ0v) is 35.2. The fourth-order valence-electron chi connectivity index (χ4n) is 6.40. The van der Waals surface area contributed by atoms with Crippen LogP contribution in [0.2, 0.25) is 0 Å². The van der Waals surface area contributed by atoms with Crippen LogP contribution in [0.1, 0.15) is 81.3 Å². The maximum absolute atomic E-state index is 3.67. The number of hydrogen-bond acceptors (Lipinski definition) is 0. The molecule has 0 N–H and O–H groups in total. The summed E-state index contributed by atoms with van der Waals surface area (Å²) in [6.07, 6.45) is 11.0. The Bertz CT molecular complexity index is 2010. The zero-order valence-electron chi connectivity index (χ0n) is 29.9. The third-order valence-corrected chi connectivity index (χ3v) is 11.1. The molecule has 2 aliphatic rings. The Morgan fingerprint density at radius 3 is 1.68 bits per heavy atom. The molecule has 252 valence electrons. The molecule has 0 bridgehead atoms. The summed E-state index contributed by atoms with van der Waals surface area (Å²) in [6.45, 7) is 13.6. The molecule has 0 fully saturated rings. The van der Waals surface area contributed by atoms with Gasteiger partial charge in [-0.15, -0.1) is 42.4 Å². The van der Waals surface area contributed by atoms with Crippen LogP contribution < -0.4 is 0 Å². The van der Waals surface area contributed by atoms with Gasteiger partial charge in [-0.2, -0.15) is 29.8 Å². The molecule has 0 saturated heterocycles. The van der Waals surface area contributed by atoms with Gasteiger partial charge in [0.1, 0.15) is 0 Å². The van der Waals surface area contributed by atoms with Crippen LogP contribution in [0.5, 0.6) is 0 Å². The van der Waals surface area contributed by atoms with Crippen molar-refractivity contribution in [2.24, 2.45) is 0 Å². The minimum atomic E-state index is 0. The van der Waals surface area contributed by atoms with Gasteiger partial charge < -0.3 is 0 Å². The summed E-state index contributed by atoms with van der Waals surface area (Å²) < 4.78 is 1.47. The van der Waals surface area contributed by atoms with Crippen LogP contribution in [0, 0.1) is 12.1 Å². The van der Waals surface area contributed by atoms with Gasteiger partial charge in [-0.3, -0.25) is 6.08 Å². The van der Waals surface area contributed by atoms with Gasteiger partial charge in [0.05, 0.1) is 0 Å². The Hall–Kier alpha value is -3.36. The molecule has 8 rings (SSSR count). The molecule has 6 aromatic rings. The Morgan fingerprint density at radius 2 is 1.18 bits per heavy atom. The third kappa shape index (κ3) is 8.92. The van der Waals surface area contributed by atoms with E-state index in [1.54, 1.807) is 0 Å². The number of rotatable bonds is 2. The second kappa shape index (κ2) is 16.8. The maximum atomic E-state index is 3.67. The molecule has 0 aliphatic heterocycles. The Kier molecular flexibility index (Phi) is 13.2. The molecule has 0 spiro atoms. The first kappa shape index (κ1) is 39.4. The quantitative estimate of drug-likeness (QED) is 0.120. The Labute approximate surface area is 326 Å². The summed E-state index contributed by atoms with van der Waals surface area (Å²) in [6, 6.07) is 45.7. The van der Waals surface area contributed by atoms with Crippen LogP contribution in [-0.2, 0) is 41.1 Å². The van der Waals surface area contributed by atoms with Gasteiger partial charge in [0, 0.05) is 0 Å². The van der Waals surface area contributed by atoms with E-state index in [0.29, 0.717) is 0 Å². The number of halogens is 2. The van der Waals surface area contributed by atoms with Crippen molar-refractivity contribution in [1.29, 1.82) is 0 Å². The van der Waals surface area contributed by atoms with Crippen LogP contribution >= 0.6 is 24.8 Å². The zero-order chi connectivity index (χ0) is 33.9. The summed E-state index contributed by atoms with van der Waals surface area (Å²) >= 11 is 1.02. The fourth-order valence-corrected chi connectivity index (χ4v) is 7.97. The topological polar surface area (TPSA) is 0 Å². The van der Waals surface area contributed by atoms with Crippen molar-refractivity contribution in [3.8, 4) is 11.1 Å². The average Bonchev–Trinajstić information content (AvgIpc) is 3.79. The first-order valence-corrected chi connectivity index (χ1v) is 18.8. The van der Waals surface area contributed by atoms with E-state index in [-0.39, 0.29) is 35.6 Å². The molecule has 0 unspecified atom stereocenters. The van der Waals surface area contributed by atoms with E-state index in [2.05, 4.69) is 175 Å². The third-order valence-electron chi connectivity index (χ3n) is 9.17. The van der Waals surface area contributed by atoms with Crippen LogP contribution in [0.15, 0.2) is 133 Å². The van der Waals surface area contributed by atoms with E-state index in [1.165, 1.54) is 69.3 Å². The molecule has 0 saturated carbocycles. The Morgan fingerprint density at radius 1 is 0.620 bits per heavy atom. The van der Waals surface area contributed by atoms with Gasteiger partial charge in [-0.25, -0.2) is 12.2 Å². The van der Waals surface area contributed by atoms with Crippen LogP contribution in [0.3, 0.4) is 0 Å². The van der Waals surface area contributed by atoms with E-state index in [4.69, 9.17) is 0 Å². The summed E-state index contributed by atoms with van der Waals surface area (Å²) in [5, 5.41) is 5.33. The molecule has 0 atom stereocenters. The normalized spacial score (nSPS) is 12.5. The first-order chi connectivity index (χ1) is 23.0. The molecule has 0 amide bonds. The predicted molar refractivity (Wildman–Crippen MR) is 218 cm³/mol. The summed E-state index contributed by atoms with van der Waals surface area (Å²) in [7, 11) is 0. The number of hydrogen-bond donors (Lipinski definition) is 0. The van der Waals surface area contributed by atoms with E-state index in [0.717, 1.165) is 36.7 Å². The summed E-state index contributed by atoms with van der Waals surface area (Å²) in [4.78, 5) is 0. The van der Waals surface area contributed by atoms with Gasteiger partial charge in [0.2, 0.25) is 0 Å².